The second-order valence-electron chi connectivity index (χ2n) is 4.48. The molecule has 0 aliphatic heterocycles. The number of aliphatic carboxylic acids is 1. The molecule has 0 amide bonds. The quantitative estimate of drug-likeness (QED) is 0.826. The Morgan fingerprint density at radius 3 is 2.05 bits per heavy atom. The summed E-state index contributed by atoms with van der Waals surface area (Å²) < 4.78 is 5.29. The SMILES string of the molecule is C[C@H](Oc1ccc(-c2ccc(CS)cc2)cc1)C(=O)O. The lowest BCUT2D eigenvalue weighted by molar-refractivity contribution is -0.144. The summed E-state index contributed by atoms with van der Waals surface area (Å²) >= 11 is 4.23. The zero-order valence-corrected chi connectivity index (χ0v) is 12.0. The van der Waals surface area contributed by atoms with Gasteiger partial charge >= 0.3 is 5.97 Å². The zero-order valence-electron chi connectivity index (χ0n) is 11.1. The number of thiol groups is 1. The van der Waals surface area contributed by atoms with Crippen molar-refractivity contribution in [2.45, 2.75) is 18.8 Å². The summed E-state index contributed by atoms with van der Waals surface area (Å²) in [6, 6.07) is 15.6. The minimum Gasteiger partial charge on any atom is -0.479 e. The first kappa shape index (κ1) is 14.5. The highest BCUT2D eigenvalue weighted by Crippen LogP contribution is 2.23. The zero-order chi connectivity index (χ0) is 14.5. The fourth-order valence-electron chi connectivity index (χ4n) is 1.78. The van der Waals surface area contributed by atoms with Gasteiger partial charge in [0.15, 0.2) is 6.10 Å². The summed E-state index contributed by atoms with van der Waals surface area (Å²) in [6.45, 7) is 1.51. The third kappa shape index (κ3) is 3.54. The van der Waals surface area contributed by atoms with Crippen molar-refractivity contribution in [2.24, 2.45) is 0 Å². The first-order valence-corrected chi connectivity index (χ1v) is 6.93. The molecule has 0 fully saturated rings. The normalized spacial score (nSPS) is 11.9. The van der Waals surface area contributed by atoms with Crippen LogP contribution in [0.1, 0.15) is 12.5 Å². The second kappa shape index (κ2) is 6.48. The molecule has 0 saturated carbocycles. The third-order valence-corrected chi connectivity index (χ3v) is 3.35. The van der Waals surface area contributed by atoms with Crippen molar-refractivity contribution in [2.75, 3.05) is 0 Å². The Bertz CT molecular complexity index is 576. The van der Waals surface area contributed by atoms with Gasteiger partial charge in [0.25, 0.3) is 0 Å². The Kier molecular flexibility index (Phi) is 4.69. The molecule has 3 nitrogen and oxygen atoms in total. The van der Waals surface area contributed by atoms with Crippen LogP contribution in [0.15, 0.2) is 48.5 Å². The van der Waals surface area contributed by atoms with Crippen LogP contribution in [0.3, 0.4) is 0 Å². The average molecular weight is 288 g/mol. The van der Waals surface area contributed by atoms with Crippen molar-refractivity contribution >= 4 is 18.6 Å². The van der Waals surface area contributed by atoms with E-state index in [2.05, 4.69) is 12.6 Å². The number of ether oxygens (including phenoxy) is 1. The molecular weight excluding hydrogens is 272 g/mol. The van der Waals surface area contributed by atoms with Crippen molar-refractivity contribution in [3.63, 3.8) is 0 Å². The molecule has 0 heterocycles. The maximum atomic E-state index is 10.7. The van der Waals surface area contributed by atoms with Gasteiger partial charge in [-0.25, -0.2) is 4.79 Å². The predicted octanol–water partition coefficient (Wildman–Crippen LogP) is 3.64. The van der Waals surface area contributed by atoms with E-state index in [1.54, 1.807) is 12.1 Å². The van der Waals surface area contributed by atoms with Crippen molar-refractivity contribution in [1.29, 1.82) is 0 Å². The average Bonchev–Trinajstić information content (AvgIpc) is 2.48. The Balaban J connectivity index is 2.12. The van der Waals surface area contributed by atoms with Gasteiger partial charge < -0.3 is 9.84 Å². The number of hydrogen-bond acceptors (Lipinski definition) is 3. The van der Waals surface area contributed by atoms with Gasteiger partial charge in [-0.3, -0.25) is 0 Å². The fourth-order valence-corrected chi connectivity index (χ4v) is 1.99. The van der Waals surface area contributed by atoms with Crippen molar-refractivity contribution in [1.82, 2.24) is 0 Å². The molecule has 1 N–H and O–H groups in total. The highest BCUT2D eigenvalue weighted by atomic mass is 32.1. The van der Waals surface area contributed by atoms with Crippen LogP contribution in [0, 0.1) is 0 Å². The lowest BCUT2D eigenvalue weighted by Crippen LogP contribution is -2.22. The van der Waals surface area contributed by atoms with Crippen LogP contribution >= 0.6 is 12.6 Å². The predicted molar refractivity (Wildman–Crippen MR) is 82.3 cm³/mol. The topological polar surface area (TPSA) is 46.5 Å². The molecular formula is C16H16O3S. The van der Waals surface area contributed by atoms with Crippen LogP contribution in [-0.4, -0.2) is 17.2 Å². The first-order chi connectivity index (χ1) is 9.60. The second-order valence-corrected chi connectivity index (χ2v) is 4.79. The molecule has 4 heteroatoms. The van der Waals surface area contributed by atoms with Gasteiger partial charge in [0, 0.05) is 5.75 Å². The lowest BCUT2D eigenvalue weighted by atomic mass is 10.0. The molecule has 0 aromatic heterocycles. The number of carboxylic acids is 1. The summed E-state index contributed by atoms with van der Waals surface area (Å²) in [5, 5.41) is 8.79. The molecule has 0 saturated heterocycles. The van der Waals surface area contributed by atoms with Gasteiger partial charge in [0.1, 0.15) is 5.75 Å². The Hall–Kier alpha value is -1.94. The molecule has 2 aromatic carbocycles. The van der Waals surface area contributed by atoms with Crippen molar-refractivity contribution in [3.05, 3.63) is 54.1 Å². The number of benzene rings is 2. The largest absolute Gasteiger partial charge is 0.479 e. The highest BCUT2D eigenvalue weighted by Gasteiger charge is 2.12. The maximum absolute atomic E-state index is 10.7. The van der Waals surface area contributed by atoms with Crippen LogP contribution in [0.25, 0.3) is 11.1 Å². The Morgan fingerprint density at radius 1 is 1.10 bits per heavy atom. The van der Waals surface area contributed by atoms with Crippen LogP contribution < -0.4 is 4.74 Å². The van der Waals surface area contributed by atoms with E-state index in [0.29, 0.717) is 5.75 Å². The molecule has 104 valence electrons. The Morgan fingerprint density at radius 2 is 1.60 bits per heavy atom. The van der Waals surface area contributed by atoms with Crippen LogP contribution in [0.5, 0.6) is 5.75 Å². The minimum atomic E-state index is -0.976. The van der Waals surface area contributed by atoms with Crippen molar-refractivity contribution in [3.8, 4) is 16.9 Å². The Labute approximate surface area is 123 Å². The summed E-state index contributed by atoms with van der Waals surface area (Å²) in [5.41, 5.74) is 3.34. The van der Waals surface area contributed by atoms with E-state index in [0.717, 1.165) is 16.9 Å². The highest BCUT2D eigenvalue weighted by molar-refractivity contribution is 7.79. The molecule has 20 heavy (non-hydrogen) atoms. The van der Waals surface area contributed by atoms with Crippen LogP contribution in [-0.2, 0) is 10.5 Å². The van der Waals surface area contributed by atoms with Gasteiger partial charge in [-0.15, -0.1) is 0 Å². The maximum Gasteiger partial charge on any atom is 0.344 e. The molecule has 0 radical (unpaired) electrons. The first-order valence-electron chi connectivity index (χ1n) is 6.30. The number of hydrogen-bond donors (Lipinski definition) is 2. The van der Waals surface area contributed by atoms with Crippen molar-refractivity contribution < 1.29 is 14.6 Å². The summed E-state index contributed by atoms with van der Waals surface area (Å²) in [7, 11) is 0. The molecule has 0 aliphatic carbocycles. The summed E-state index contributed by atoms with van der Waals surface area (Å²) in [6.07, 6.45) is -0.851. The van der Waals surface area contributed by atoms with Gasteiger partial charge in [0.2, 0.25) is 0 Å². The van der Waals surface area contributed by atoms with E-state index in [4.69, 9.17) is 9.84 Å². The molecule has 1 atom stereocenters. The molecule has 0 bridgehead atoms. The van der Waals surface area contributed by atoms with Gasteiger partial charge in [0.05, 0.1) is 0 Å². The third-order valence-electron chi connectivity index (χ3n) is 2.98. The van der Waals surface area contributed by atoms with E-state index in [1.165, 1.54) is 12.5 Å². The van der Waals surface area contributed by atoms with E-state index in [-0.39, 0.29) is 0 Å². The number of rotatable bonds is 5. The molecule has 0 spiro atoms. The number of carboxylic acid groups (broad SMARTS) is 1. The van der Waals surface area contributed by atoms with Crippen LogP contribution in [0.4, 0.5) is 0 Å². The van der Waals surface area contributed by atoms with E-state index >= 15 is 0 Å². The monoisotopic (exact) mass is 288 g/mol. The van der Waals surface area contributed by atoms with Gasteiger partial charge in [-0.2, -0.15) is 12.6 Å². The minimum absolute atomic E-state index is 0.552. The molecule has 2 rings (SSSR count). The van der Waals surface area contributed by atoms with E-state index in [1.807, 2.05) is 36.4 Å². The van der Waals surface area contributed by atoms with E-state index < -0.39 is 12.1 Å². The summed E-state index contributed by atoms with van der Waals surface area (Å²) in [4.78, 5) is 10.7. The van der Waals surface area contributed by atoms with Gasteiger partial charge in [-0.05, 0) is 35.7 Å². The van der Waals surface area contributed by atoms with E-state index in [9.17, 15) is 4.79 Å². The standard InChI is InChI=1S/C16H16O3S/c1-11(16(17)18)19-15-8-6-14(7-9-15)13-4-2-12(10-20)3-5-13/h2-9,11,20H,10H2,1H3,(H,17,18)/t11-/m0/s1. The smallest absolute Gasteiger partial charge is 0.344 e. The molecule has 0 unspecified atom stereocenters. The lowest BCUT2D eigenvalue weighted by Gasteiger charge is -2.11. The fraction of sp³-hybridized carbons (Fsp3) is 0.188. The number of carbonyl (C=O) groups is 1. The molecule has 2 aromatic rings. The van der Waals surface area contributed by atoms with Crippen LogP contribution in [0.2, 0.25) is 0 Å². The molecule has 0 aliphatic rings. The van der Waals surface area contributed by atoms with Gasteiger partial charge in [-0.1, -0.05) is 36.4 Å². The summed E-state index contributed by atoms with van der Waals surface area (Å²) in [5.74, 6) is 0.298.